The van der Waals surface area contributed by atoms with Crippen molar-refractivity contribution >= 4 is 5.78 Å². The lowest BCUT2D eigenvalue weighted by Gasteiger charge is -2.15. The van der Waals surface area contributed by atoms with Crippen molar-refractivity contribution in [2.45, 2.75) is 52.6 Å². The van der Waals surface area contributed by atoms with Crippen molar-refractivity contribution in [3.8, 4) is 5.75 Å². The molecule has 20 heavy (non-hydrogen) atoms. The normalized spacial score (nSPS) is 12.4. The van der Waals surface area contributed by atoms with E-state index in [2.05, 4.69) is 18.6 Å². The summed E-state index contributed by atoms with van der Waals surface area (Å²) in [4.78, 5) is 12.3. The van der Waals surface area contributed by atoms with E-state index >= 15 is 0 Å². The van der Waals surface area contributed by atoms with E-state index in [1.54, 1.807) is 18.2 Å². The quantitative estimate of drug-likeness (QED) is 0.591. The van der Waals surface area contributed by atoms with Crippen molar-refractivity contribution in [1.82, 2.24) is 0 Å². The van der Waals surface area contributed by atoms with Crippen LogP contribution in [0.25, 0.3) is 0 Å². The van der Waals surface area contributed by atoms with Crippen LogP contribution >= 0.6 is 0 Å². The average Bonchev–Trinajstić information content (AvgIpc) is 2.43. The first-order chi connectivity index (χ1) is 9.58. The van der Waals surface area contributed by atoms with Crippen LogP contribution in [-0.4, -0.2) is 12.4 Å². The van der Waals surface area contributed by atoms with Gasteiger partial charge in [-0.15, -0.1) is 0 Å². The van der Waals surface area contributed by atoms with Crippen molar-refractivity contribution in [2.75, 3.05) is 0 Å². The summed E-state index contributed by atoms with van der Waals surface area (Å²) in [6.07, 6.45) is 4.48. The lowest BCUT2D eigenvalue weighted by molar-refractivity contribution is -0.0501. The zero-order chi connectivity index (χ0) is 15.0. The molecule has 0 radical (unpaired) electrons. The van der Waals surface area contributed by atoms with Gasteiger partial charge < -0.3 is 4.74 Å². The number of ether oxygens (including phenoxy) is 1. The molecule has 0 spiro atoms. The van der Waals surface area contributed by atoms with Crippen LogP contribution in [0, 0.1) is 5.92 Å². The van der Waals surface area contributed by atoms with Gasteiger partial charge in [-0.25, -0.2) is 0 Å². The van der Waals surface area contributed by atoms with Gasteiger partial charge in [-0.05, 0) is 18.1 Å². The third-order valence-corrected chi connectivity index (χ3v) is 3.42. The Kier molecular flexibility index (Phi) is 7.20. The fourth-order valence-corrected chi connectivity index (χ4v) is 2.21. The molecule has 0 aliphatic carbocycles. The Labute approximate surface area is 119 Å². The molecule has 112 valence electrons. The molecule has 1 aromatic carbocycles. The van der Waals surface area contributed by atoms with Gasteiger partial charge in [0.25, 0.3) is 0 Å². The SMILES string of the molecule is CCCCC(CC)CC(=O)c1ccccc1OC(F)F. The first-order valence-corrected chi connectivity index (χ1v) is 7.15. The maximum absolute atomic E-state index is 12.3. The van der Waals surface area contributed by atoms with Crippen molar-refractivity contribution in [1.29, 1.82) is 0 Å². The molecule has 0 aromatic heterocycles. The van der Waals surface area contributed by atoms with Crippen molar-refractivity contribution in [3.05, 3.63) is 29.8 Å². The van der Waals surface area contributed by atoms with Gasteiger partial charge in [0.15, 0.2) is 5.78 Å². The van der Waals surface area contributed by atoms with E-state index in [4.69, 9.17) is 0 Å². The topological polar surface area (TPSA) is 26.3 Å². The zero-order valence-corrected chi connectivity index (χ0v) is 12.1. The third kappa shape index (κ3) is 5.27. The van der Waals surface area contributed by atoms with E-state index in [0.29, 0.717) is 12.3 Å². The summed E-state index contributed by atoms with van der Waals surface area (Å²) in [5, 5.41) is 0. The molecule has 2 nitrogen and oxygen atoms in total. The Bertz CT molecular complexity index is 419. The molecule has 0 saturated heterocycles. The Morgan fingerprint density at radius 3 is 2.55 bits per heavy atom. The summed E-state index contributed by atoms with van der Waals surface area (Å²) in [6, 6.07) is 6.21. The first-order valence-electron chi connectivity index (χ1n) is 7.15. The minimum Gasteiger partial charge on any atom is -0.434 e. The van der Waals surface area contributed by atoms with E-state index in [-0.39, 0.29) is 17.1 Å². The molecule has 0 amide bonds. The molecule has 1 aromatic rings. The smallest absolute Gasteiger partial charge is 0.387 e. The Morgan fingerprint density at radius 1 is 1.25 bits per heavy atom. The average molecular weight is 284 g/mol. The highest BCUT2D eigenvalue weighted by atomic mass is 19.3. The lowest BCUT2D eigenvalue weighted by atomic mass is 9.91. The number of halogens is 2. The van der Waals surface area contributed by atoms with Crippen LogP contribution in [0.3, 0.4) is 0 Å². The highest BCUT2D eigenvalue weighted by Crippen LogP contribution is 2.25. The zero-order valence-electron chi connectivity index (χ0n) is 12.1. The predicted molar refractivity (Wildman–Crippen MR) is 75.3 cm³/mol. The van der Waals surface area contributed by atoms with Gasteiger partial charge in [-0.1, -0.05) is 51.7 Å². The van der Waals surface area contributed by atoms with E-state index in [1.165, 1.54) is 6.07 Å². The van der Waals surface area contributed by atoms with Gasteiger partial charge in [-0.2, -0.15) is 8.78 Å². The Morgan fingerprint density at radius 2 is 1.95 bits per heavy atom. The maximum atomic E-state index is 12.3. The molecule has 0 aliphatic heterocycles. The first kappa shape index (κ1) is 16.6. The van der Waals surface area contributed by atoms with Crippen molar-refractivity contribution in [2.24, 2.45) is 5.92 Å². The monoisotopic (exact) mass is 284 g/mol. The molecular weight excluding hydrogens is 262 g/mol. The summed E-state index contributed by atoms with van der Waals surface area (Å²) < 4.78 is 29.1. The number of benzene rings is 1. The lowest BCUT2D eigenvalue weighted by Crippen LogP contribution is -2.11. The van der Waals surface area contributed by atoms with Crippen LogP contribution in [0.4, 0.5) is 8.78 Å². The Balaban J connectivity index is 2.75. The van der Waals surface area contributed by atoms with Crippen LogP contribution in [-0.2, 0) is 0 Å². The summed E-state index contributed by atoms with van der Waals surface area (Å²) in [5.41, 5.74) is 0.253. The van der Waals surface area contributed by atoms with Gasteiger partial charge in [0.05, 0.1) is 5.56 Å². The number of para-hydroxylation sites is 1. The number of hydrogen-bond acceptors (Lipinski definition) is 2. The number of rotatable bonds is 9. The van der Waals surface area contributed by atoms with Crippen LogP contribution in [0.1, 0.15) is 56.3 Å². The number of Topliss-reactive ketones (excluding diaryl/α,β-unsaturated/α-hetero) is 1. The second kappa shape index (κ2) is 8.67. The van der Waals surface area contributed by atoms with Gasteiger partial charge in [0.2, 0.25) is 0 Å². The molecule has 0 fully saturated rings. The highest BCUT2D eigenvalue weighted by Gasteiger charge is 2.18. The van der Waals surface area contributed by atoms with E-state index in [9.17, 15) is 13.6 Å². The summed E-state index contributed by atoms with van der Waals surface area (Å²) in [5.74, 6) is 0.157. The minimum absolute atomic E-state index is 0.0298. The number of carbonyl (C=O) groups excluding carboxylic acids is 1. The summed E-state index contributed by atoms with van der Waals surface area (Å²) >= 11 is 0. The number of unbranched alkanes of at least 4 members (excludes halogenated alkanes) is 1. The molecule has 1 rings (SSSR count). The van der Waals surface area contributed by atoms with Gasteiger partial charge in [0.1, 0.15) is 5.75 Å². The number of alkyl halides is 2. The molecule has 4 heteroatoms. The minimum atomic E-state index is -2.91. The molecule has 1 atom stereocenters. The standard InChI is InChI=1S/C16H22F2O2/c1-3-5-8-12(4-2)11-14(19)13-9-6-7-10-15(13)20-16(17)18/h6-7,9-10,12,16H,3-5,8,11H2,1-2H3. The van der Waals surface area contributed by atoms with Crippen molar-refractivity contribution in [3.63, 3.8) is 0 Å². The number of hydrogen-bond donors (Lipinski definition) is 0. The van der Waals surface area contributed by atoms with E-state index in [0.717, 1.165) is 25.7 Å². The van der Waals surface area contributed by atoms with Gasteiger partial charge >= 0.3 is 6.61 Å². The third-order valence-electron chi connectivity index (χ3n) is 3.42. The fraction of sp³-hybridized carbons (Fsp3) is 0.562. The van der Waals surface area contributed by atoms with Crippen LogP contribution in [0.2, 0.25) is 0 Å². The summed E-state index contributed by atoms with van der Waals surface area (Å²) in [7, 11) is 0. The van der Waals surface area contributed by atoms with Crippen molar-refractivity contribution < 1.29 is 18.3 Å². The number of carbonyl (C=O) groups is 1. The second-order valence-electron chi connectivity index (χ2n) is 4.92. The van der Waals surface area contributed by atoms with Crippen LogP contribution in [0.5, 0.6) is 5.75 Å². The van der Waals surface area contributed by atoms with Crippen LogP contribution < -0.4 is 4.74 Å². The largest absolute Gasteiger partial charge is 0.434 e. The molecule has 1 unspecified atom stereocenters. The molecule has 0 saturated carbocycles. The fourth-order valence-electron chi connectivity index (χ4n) is 2.21. The maximum Gasteiger partial charge on any atom is 0.387 e. The van der Waals surface area contributed by atoms with Crippen LogP contribution in [0.15, 0.2) is 24.3 Å². The van der Waals surface area contributed by atoms with Gasteiger partial charge in [0, 0.05) is 6.42 Å². The molecule has 0 bridgehead atoms. The molecule has 0 aliphatic rings. The molecule has 0 N–H and O–H groups in total. The van der Waals surface area contributed by atoms with E-state index < -0.39 is 6.61 Å². The molecular formula is C16H22F2O2. The van der Waals surface area contributed by atoms with Gasteiger partial charge in [-0.3, -0.25) is 4.79 Å². The predicted octanol–water partition coefficient (Wildman–Crippen LogP) is 5.08. The molecule has 0 heterocycles. The second-order valence-corrected chi connectivity index (χ2v) is 4.92. The Hall–Kier alpha value is -1.45. The van der Waals surface area contributed by atoms with E-state index in [1.807, 2.05) is 0 Å². The highest BCUT2D eigenvalue weighted by molar-refractivity contribution is 5.98. The number of ketones is 1. The summed E-state index contributed by atoms with van der Waals surface area (Å²) in [6.45, 7) is 1.25.